The molecule has 0 spiro atoms. The van der Waals surface area contributed by atoms with E-state index in [0.717, 1.165) is 18.9 Å². The van der Waals surface area contributed by atoms with Crippen LogP contribution < -0.4 is 15.1 Å². The second kappa shape index (κ2) is 6.21. The summed E-state index contributed by atoms with van der Waals surface area (Å²) in [6, 6.07) is 1.02. The van der Waals surface area contributed by atoms with Crippen LogP contribution in [-0.2, 0) is 0 Å². The number of methoxy groups -OCH3 is 1. The number of anilines is 1. The second-order valence-corrected chi connectivity index (χ2v) is 6.99. The number of carboxylic acid groups (broad SMARTS) is 1. The molecule has 2 unspecified atom stereocenters. The van der Waals surface area contributed by atoms with Gasteiger partial charge in [-0.2, -0.15) is 0 Å². The molecule has 2 heterocycles. The van der Waals surface area contributed by atoms with Crippen LogP contribution in [0, 0.1) is 5.82 Å². The molecule has 1 saturated carbocycles. The molecule has 1 aliphatic carbocycles. The number of aromatic nitrogens is 1. The fourth-order valence-electron chi connectivity index (χ4n) is 3.68. The number of nitrogens with zero attached hydrogens (tertiary/aromatic N) is 2. The number of halogens is 1. The van der Waals surface area contributed by atoms with Crippen LogP contribution >= 0.6 is 0 Å². The SMILES string of the molecule is COc1c(N2CC(O)C(O)C2)c(F)cc2c(=O)c(C(=O)O)cn(C3CC3)c12. The number of ether oxygens (including phenoxy) is 1. The van der Waals surface area contributed by atoms with Crippen LogP contribution in [0.15, 0.2) is 17.1 Å². The van der Waals surface area contributed by atoms with Crippen molar-refractivity contribution in [1.29, 1.82) is 0 Å². The maximum atomic E-state index is 15.0. The van der Waals surface area contributed by atoms with E-state index in [9.17, 15) is 29.3 Å². The lowest BCUT2D eigenvalue weighted by atomic mass is 10.1. The maximum absolute atomic E-state index is 15.0. The first-order chi connectivity index (χ1) is 12.8. The molecular formula is C18H19FN2O6. The van der Waals surface area contributed by atoms with E-state index in [1.807, 2.05) is 0 Å². The molecule has 3 N–H and O–H groups in total. The summed E-state index contributed by atoms with van der Waals surface area (Å²) < 4.78 is 22.1. The van der Waals surface area contributed by atoms with Gasteiger partial charge >= 0.3 is 5.97 Å². The van der Waals surface area contributed by atoms with Gasteiger partial charge in [0.25, 0.3) is 0 Å². The average Bonchev–Trinajstić information content (AvgIpc) is 3.40. The van der Waals surface area contributed by atoms with Crippen molar-refractivity contribution < 1.29 is 29.2 Å². The molecule has 0 radical (unpaired) electrons. The van der Waals surface area contributed by atoms with Gasteiger partial charge in [-0.15, -0.1) is 0 Å². The summed E-state index contributed by atoms with van der Waals surface area (Å²) in [6.07, 6.45) is 0.861. The Morgan fingerprint density at radius 1 is 1.26 bits per heavy atom. The third-order valence-corrected chi connectivity index (χ3v) is 5.15. The van der Waals surface area contributed by atoms with Crippen molar-refractivity contribution in [2.24, 2.45) is 0 Å². The summed E-state index contributed by atoms with van der Waals surface area (Å²) in [5.74, 6) is -2.06. The zero-order valence-corrected chi connectivity index (χ0v) is 14.6. The Kier molecular flexibility index (Phi) is 4.08. The summed E-state index contributed by atoms with van der Waals surface area (Å²) in [5, 5.41) is 28.9. The predicted molar refractivity (Wildman–Crippen MR) is 94.2 cm³/mol. The minimum absolute atomic E-state index is 0.00756. The van der Waals surface area contributed by atoms with Crippen molar-refractivity contribution in [3.8, 4) is 5.75 Å². The topological polar surface area (TPSA) is 112 Å². The molecule has 1 aromatic carbocycles. The van der Waals surface area contributed by atoms with Gasteiger partial charge in [-0.25, -0.2) is 9.18 Å². The van der Waals surface area contributed by atoms with Crippen molar-refractivity contribution in [1.82, 2.24) is 4.57 Å². The third-order valence-electron chi connectivity index (χ3n) is 5.15. The van der Waals surface area contributed by atoms with Crippen molar-refractivity contribution in [2.75, 3.05) is 25.1 Å². The molecule has 27 heavy (non-hydrogen) atoms. The number of carboxylic acids is 1. The predicted octanol–water partition coefficient (Wildman–Crippen LogP) is 0.724. The van der Waals surface area contributed by atoms with E-state index in [0.29, 0.717) is 5.52 Å². The van der Waals surface area contributed by atoms with Gasteiger partial charge < -0.3 is 29.5 Å². The fraction of sp³-hybridized carbons (Fsp3) is 0.444. The van der Waals surface area contributed by atoms with E-state index in [1.54, 1.807) is 4.57 Å². The van der Waals surface area contributed by atoms with Gasteiger partial charge in [0, 0.05) is 25.3 Å². The number of benzene rings is 1. The highest BCUT2D eigenvalue weighted by Gasteiger charge is 2.35. The summed E-state index contributed by atoms with van der Waals surface area (Å²) in [5.41, 5.74) is -0.838. The highest BCUT2D eigenvalue weighted by molar-refractivity contribution is 5.97. The summed E-state index contributed by atoms with van der Waals surface area (Å²) in [4.78, 5) is 25.5. The molecule has 0 bridgehead atoms. The van der Waals surface area contributed by atoms with Crippen LogP contribution in [0.3, 0.4) is 0 Å². The molecule has 144 valence electrons. The van der Waals surface area contributed by atoms with E-state index < -0.39 is 35.0 Å². The largest absolute Gasteiger partial charge is 0.492 e. The molecule has 2 atom stereocenters. The van der Waals surface area contributed by atoms with Gasteiger partial charge in [-0.3, -0.25) is 4.79 Å². The Balaban J connectivity index is 2.04. The van der Waals surface area contributed by atoms with Crippen LogP contribution in [0.25, 0.3) is 10.9 Å². The van der Waals surface area contributed by atoms with Gasteiger partial charge in [0.2, 0.25) is 5.43 Å². The number of hydrogen-bond donors (Lipinski definition) is 3. The summed E-state index contributed by atoms with van der Waals surface area (Å²) >= 11 is 0. The molecule has 1 aromatic heterocycles. The second-order valence-electron chi connectivity index (χ2n) is 6.99. The van der Waals surface area contributed by atoms with Gasteiger partial charge in [0.05, 0.1) is 30.2 Å². The molecule has 2 fully saturated rings. The first-order valence-electron chi connectivity index (χ1n) is 8.63. The van der Waals surface area contributed by atoms with Gasteiger partial charge in [0.1, 0.15) is 11.3 Å². The Labute approximate surface area is 153 Å². The van der Waals surface area contributed by atoms with Crippen LogP contribution in [0.5, 0.6) is 5.75 Å². The molecular weight excluding hydrogens is 359 g/mol. The Morgan fingerprint density at radius 3 is 2.41 bits per heavy atom. The normalized spacial score (nSPS) is 22.4. The van der Waals surface area contributed by atoms with E-state index in [4.69, 9.17) is 4.74 Å². The number of aliphatic hydroxyl groups is 2. The highest BCUT2D eigenvalue weighted by atomic mass is 19.1. The fourth-order valence-corrected chi connectivity index (χ4v) is 3.68. The molecule has 2 aromatic rings. The van der Waals surface area contributed by atoms with E-state index >= 15 is 0 Å². The number of aromatic carboxylic acids is 1. The van der Waals surface area contributed by atoms with Crippen LogP contribution in [0.1, 0.15) is 29.2 Å². The zero-order valence-electron chi connectivity index (χ0n) is 14.6. The summed E-state index contributed by atoms with van der Waals surface area (Å²) in [7, 11) is 1.34. The minimum atomic E-state index is -1.37. The van der Waals surface area contributed by atoms with Crippen LogP contribution in [-0.4, -0.2) is 58.3 Å². The number of carbonyl (C=O) groups is 1. The Bertz CT molecular complexity index is 990. The van der Waals surface area contributed by atoms with Crippen LogP contribution in [0.4, 0.5) is 10.1 Å². The van der Waals surface area contributed by atoms with E-state index in [1.165, 1.54) is 18.2 Å². The van der Waals surface area contributed by atoms with Crippen molar-refractivity contribution in [2.45, 2.75) is 31.1 Å². The van der Waals surface area contributed by atoms with Crippen LogP contribution in [0.2, 0.25) is 0 Å². The smallest absolute Gasteiger partial charge is 0.341 e. The number of fused-ring (bicyclic) bond motifs is 1. The molecule has 1 aliphatic heterocycles. The van der Waals surface area contributed by atoms with Gasteiger partial charge in [-0.05, 0) is 18.9 Å². The quantitative estimate of drug-likeness (QED) is 0.719. The van der Waals surface area contributed by atoms with Gasteiger partial charge in [-0.1, -0.05) is 0 Å². The molecule has 0 amide bonds. The number of hydrogen-bond acceptors (Lipinski definition) is 6. The first-order valence-corrected chi connectivity index (χ1v) is 8.63. The standard InChI is InChI=1S/C18H19FN2O6/c1-27-17-14-9(4-11(19)15(17)20-6-12(22)13(23)7-20)16(24)10(18(25)26)5-21(14)8-2-3-8/h4-5,8,12-13,22-23H,2-3,6-7H2,1H3,(H,25,26). The molecule has 2 aliphatic rings. The summed E-state index contributed by atoms with van der Waals surface area (Å²) in [6.45, 7) is 0.0294. The molecule has 9 heteroatoms. The van der Waals surface area contributed by atoms with Gasteiger partial charge in [0.15, 0.2) is 11.6 Å². The number of pyridine rings is 1. The van der Waals surface area contributed by atoms with E-state index in [2.05, 4.69) is 0 Å². The monoisotopic (exact) mass is 378 g/mol. The van der Waals surface area contributed by atoms with Crippen molar-refractivity contribution in [3.63, 3.8) is 0 Å². The average molecular weight is 378 g/mol. The zero-order chi connectivity index (χ0) is 19.5. The van der Waals surface area contributed by atoms with Crippen molar-refractivity contribution >= 4 is 22.6 Å². The van der Waals surface area contributed by atoms with Crippen molar-refractivity contribution in [3.05, 3.63) is 33.9 Å². The first kappa shape index (κ1) is 17.7. The molecule has 1 saturated heterocycles. The number of β-amino-alcohol motifs (C(OH)–C–C–N with tert-alkyl or cyclic N) is 2. The lowest BCUT2D eigenvalue weighted by Gasteiger charge is -2.24. The lowest BCUT2D eigenvalue weighted by Crippen LogP contribution is -2.25. The van der Waals surface area contributed by atoms with E-state index in [-0.39, 0.29) is 36.0 Å². The Morgan fingerprint density at radius 2 is 1.89 bits per heavy atom. The third kappa shape index (κ3) is 2.74. The Hall–Kier alpha value is -2.65. The highest BCUT2D eigenvalue weighted by Crippen LogP contribution is 2.44. The minimum Gasteiger partial charge on any atom is -0.492 e. The molecule has 4 rings (SSSR count). The molecule has 8 nitrogen and oxygen atoms in total. The lowest BCUT2D eigenvalue weighted by molar-refractivity contribution is 0.0572. The number of aliphatic hydroxyl groups excluding tert-OH is 2. The number of rotatable bonds is 4. The maximum Gasteiger partial charge on any atom is 0.341 e.